The minimum absolute atomic E-state index is 0.0795. The van der Waals surface area contributed by atoms with Gasteiger partial charge >= 0.3 is 0 Å². The normalized spacial score (nSPS) is 10.6. The van der Waals surface area contributed by atoms with Crippen molar-refractivity contribution in [3.8, 4) is 11.3 Å². The van der Waals surface area contributed by atoms with Gasteiger partial charge in [-0.15, -0.1) is 0 Å². The number of hydrogen-bond acceptors (Lipinski definition) is 3. The quantitative estimate of drug-likeness (QED) is 0.776. The van der Waals surface area contributed by atoms with Crippen molar-refractivity contribution in [1.29, 1.82) is 0 Å². The van der Waals surface area contributed by atoms with Crippen LogP contribution in [-0.2, 0) is 24.8 Å². The van der Waals surface area contributed by atoms with Crippen LogP contribution in [0.2, 0.25) is 5.02 Å². The fraction of sp³-hybridized carbons (Fsp3) is 0.167. The van der Waals surface area contributed by atoms with Crippen LogP contribution in [0, 0.1) is 0 Å². The molecule has 0 aliphatic carbocycles. The number of aromatic nitrogens is 3. The Morgan fingerprint density at radius 3 is 2.75 bits per heavy atom. The van der Waals surface area contributed by atoms with E-state index in [-0.39, 0.29) is 12.3 Å². The molecule has 0 fully saturated rings. The summed E-state index contributed by atoms with van der Waals surface area (Å²) in [5.41, 5.74) is 3.51. The average Bonchev–Trinajstić information content (AvgIpc) is 3.02. The molecule has 0 aliphatic rings. The summed E-state index contributed by atoms with van der Waals surface area (Å²) in [6.45, 7) is 0.404. The van der Waals surface area contributed by atoms with Crippen molar-refractivity contribution in [3.63, 3.8) is 0 Å². The number of benzene rings is 1. The molecule has 0 spiro atoms. The maximum Gasteiger partial charge on any atom is 0.224 e. The molecule has 122 valence electrons. The average molecular weight is 341 g/mol. The van der Waals surface area contributed by atoms with E-state index in [0.29, 0.717) is 11.6 Å². The van der Waals surface area contributed by atoms with E-state index >= 15 is 0 Å². The van der Waals surface area contributed by atoms with E-state index in [1.807, 2.05) is 43.6 Å². The Kier molecular flexibility index (Phi) is 4.91. The van der Waals surface area contributed by atoms with Gasteiger partial charge in [-0.1, -0.05) is 35.9 Å². The molecule has 1 N–H and O–H groups in total. The van der Waals surface area contributed by atoms with Gasteiger partial charge in [0.05, 0.1) is 18.3 Å². The Labute approximate surface area is 145 Å². The van der Waals surface area contributed by atoms with Crippen LogP contribution in [0.5, 0.6) is 0 Å². The number of amides is 1. The van der Waals surface area contributed by atoms with Gasteiger partial charge in [-0.05, 0) is 23.3 Å². The third-order valence-corrected chi connectivity index (χ3v) is 4.02. The zero-order valence-corrected chi connectivity index (χ0v) is 14.0. The molecule has 0 unspecified atom stereocenters. The molecule has 0 aliphatic heterocycles. The van der Waals surface area contributed by atoms with Crippen molar-refractivity contribution >= 4 is 17.5 Å². The number of carbonyl (C=O) groups is 1. The molecule has 0 saturated carbocycles. The molecule has 0 radical (unpaired) electrons. The van der Waals surface area contributed by atoms with Crippen LogP contribution >= 0.6 is 11.6 Å². The number of carbonyl (C=O) groups excluding carboxylic acids is 1. The second-order valence-corrected chi connectivity index (χ2v) is 5.87. The van der Waals surface area contributed by atoms with Crippen LogP contribution in [-0.4, -0.2) is 20.7 Å². The summed E-state index contributed by atoms with van der Waals surface area (Å²) in [7, 11) is 1.86. The Morgan fingerprint density at radius 2 is 2.00 bits per heavy atom. The van der Waals surface area contributed by atoms with Crippen LogP contribution in [0.25, 0.3) is 11.3 Å². The smallest absolute Gasteiger partial charge is 0.224 e. The number of nitrogens with one attached hydrogen (secondary N) is 1. The number of nitrogens with zero attached hydrogens (tertiary/aromatic N) is 3. The Balaban J connectivity index is 1.69. The van der Waals surface area contributed by atoms with E-state index in [0.717, 1.165) is 22.4 Å². The molecule has 0 atom stereocenters. The van der Waals surface area contributed by atoms with Gasteiger partial charge in [-0.3, -0.25) is 14.5 Å². The summed E-state index contributed by atoms with van der Waals surface area (Å²) in [4.78, 5) is 16.6. The van der Waals surface area contributed by atoms with E-state index in [2.05, 4.69) is 15.4 Å². The standard InChI is InChI=1S/C18H17ClN4O/c1-23-12-15(11-22-23)18-14(6-4-8-20-18)10-21-17(24)9-13-5-2-3-7-16(13)19/h2-8,11-12H,9-10H2,1H3,(H,21,24). The highest BCUT2D eigenvalue weighted by atomic mass is 35.5. The number of hydrogen-bond donors (Lipinski definition) is 1. The lowest BCUT2D eigenvalue weighted by atomic mass is 10.1. The van der Waals surface area contributed by atoms with Gasteiger partial charge in [0.2, 0.25) is 5.91 Å². The molecule has 2 heterocycles. The maximum atomic E-state index is 12.2. The molecule has 1 aromatic carbocycles. The summed E-state index contributed by atoms with van der Waals surface area (Å²) >= 11 is 6.09. The number of aryl methyl sites for hydroxylation is 1. The predicted molar refractivity (Wildman–Crippen MR) is 93.4 cm³/mol. The first kappa shape index (κ1) is 16.2. The number of rotatable bonds is 5. The monoisotopic (exact) mass is 340 g/mol. The minimum Gasteiger partial charge on any atom is -0.352 e. The zero-order chi connectivity index (χ0) is 16.9. The summed E-state index contributed by atoms with van der Waals surface area (Å²) in [5.74, 6) is -0.0795. The van der Waals surface area contributed by atoms with Crippen LogP contribution in [0.3, 0.4) is 0 Å². The highest BCUT2D eigenvalue weighted by Gasteiger charge is 2.10. The lowest BCUT2D eigenvalue weighted by Crippen LogP contribution is -2.25. The van der Waals surface area contributed by atoms with Gasteiger partial charge in [0.15, 0.2) is 0 Å². The Morgan fingerprint density at radius 1 is 1.21 bits per heavy atom. The van der Waals surface area contributed by atoms with Gasteiger partial charge in [-0.2, -0.15) is 5.10 Å². The second kappa shape index (κ2) is 7.27. The highest BCUT2D eigenvalue weighted by Crippen LogP contribution is 2.20. The third kappa shape index (κ3) is 3.81. The Bertz CT molecular complexity index is 859. The summed E-state index contributed by atoms with van der Waals surface area (Å²) in [6.07, 6.45) is 5.65. The first-order valence-corrected chi connectivity index (χ1v) is 7.94. The van der Waals surface area contributed by atoms with Gasteiger partial charge in [-0.25, -0.2) is 0 Å². The number of pyridine rings is 1. The van der Waals surface area contributed by atoms with Crippen LogP contribution in [0.4, 0.5) is 0 Å². The van der Waals surface area contributed by atoms with Crippen LogP contribution in [0.15, 0.2) is 55.0 Å². The topological polar surface area (TPSA) is 59.8 Å². The molecule has 24 heavy (non-hydrogen) atoms. The van der Waals surface area contributed by atoms with Gasteiger partial charge < -0.3 is 5.32 Å². The molecule has 0 bridgehead atoms. The fourth-order valence-corrected chi connectivity index (χ4v) is 2.66. The maximum absolute atomic E-state index is 12.2. The molecule has 3 rings (SSSR count). The highest BCUT2D eigenvalue weighted by molar-refractivity contribution is 6.31. The molecular weight excluding hydrogens is 324 g/mol. The zero-order valence-electron chi connectivity index (χ0n) is 13.2. The fourth-order valence-electron chi connectivity index (χ4n) is 2.46. The molecule has 0 saturated heterocycles. The van der Waals surface area contributed by atoms with E-state index in [1.54, 1.807) is 23.1 Å². The van der Waals surface area contributed by atoms with Crippen molar-refractivity contribution in [2.24, 2.45) is 7.05 Å². The summed E-state index contributed by atoms with van der Waals surface area (Å²) in [5, 5.41) is 7.70. The van der Waals surface area contributed by atoms with Crippen molar-refractivity contribution in [3.05, 3.63) is 71.1 Å². The molecular formula is C18H17ClN4O. The van der Waals surface area contributed by atoms with Crippen molar-refractivity contribution < 1.29 is 4.79 Å². The van der Waals surface area contributed by atoms with Crippen molar-refractivity contribution in [2.45, 2.75) is 13.0 Å². The largest absolute Gasteiger partial charge is 0.352 e. The lowest BCUT2D eigenvalue weighted by molar-refractivity contribution is -0.120. The SMILES string of the molecule is Cn1cc(-c2ncccc2CNC(=O)Cc2ccccc2Cl)cn1. The summed E-state index contributed by atoms with van der Waals surface area (Å²) in [6, 6.07) is 11.2. The van der Waals surface area contributed by atoms with E-state index < -0.39 is 0 Å². The third-order valence-electron chi connectivity index (χ3n) is 3.65. The van der Waals surface area contributed by atoms with Crippen LogP contribution < -0.4 is 5.32 Å². The van der Waals surface area contributed by atoms with Gasteiger partial charge in [0.1, 0.15) is 0 Å². The molecule has 3 aromatic rings. The van der Waals surface area contributed by atoms with E-state index in [9.17, 15) is 4.79 Å². The van der Waals surface area contributed by atoms with Gasteiger partial charge in [0.25, 0.3) is 0 Å². The molecule has 5 nitrogen and oxygen atoms in total. The molecule has 2 aromatic heterocycles. The molecule has 1 amide bonds. The van der Waals surface area contributed by atoms with Gasteiger partial charge in [0, 0.05) is 36.6 Å². The minimum atomic E-state index is -0.0795. The van der Waals surface area contributed by atoms with Crippen molar-refractivity contribution in [2.75, 3.05) is 0 Å². The predicted octanol–water partition coefficient (Wildman–Crippen LogP) is 2.99. The first-order chi connectivity index (χ1) is 11.6. The number of halogens is 1. The van der Waals surface area contributed by atoms with Crippen LogP contribution in [0.1, 0.15) is 11.1 Å². The lowest BCUT2D eigenvalue weighted by Gasteiger charge is -2.09. The Hall–Kier alpha value is -2.66. The summed E-state index contributed by atoms with van der Waals surface area (Å²) < 4.78 is 1.73. The second-order valence-electron chi connectivity index (χ2n) is 5.46. The molecule has 6 heteroatoms. The van der Waals surface area contributed by atoms with Crippen molar-refractivity contribution in [1.82, 2.24) is 20.1 Å². The van der Waals surface area contributed by atoms with E-state index in [1.165, 1.54) is 0 Å². The van der Waals surface area contributed by atoms with E-state index in [4.69, 9.17) is 11.6 Å². The first-order valence-electron chi connectivity index (χ1n) is 7.56.